The van der Waals surface area contributed by atoms with Crippen molar-refractivity contribution < 1.29 is 24.6 Å². The number of likely N-dealkylation sites (N-methyl/N-ethyl adjacent to an activating group) is 1. The molecule has 0 aromatic heterocycles. The van der Waals surface area contributed by atoms with Gasteiger partial charge in [0.1, 0.15) is 11.3 Å². The molecular formula is C30H42N2O5. The number of hydrogen-bond acceptors (Lipinski definition) is 5. The SMILES string of the molecule is CC[C@@H]1C[C@H]2C[C@H]3[C@@H]4CC=CC(=O)NCCC[C@H]5C(=O)C(=C(O)C=C[C@H]4C[C@@H](O)[C@@H]3[C@H]2[C@@H]1C)C(=O)N5C. The zero-order valence-corrected chi connectivity index (χ0v) is 22.3. The van der Waals surface area contributed by atoms with Gasteiger partial charge in [-0.3, -0.25) is 14.4 Å². The Morgan fingerprint density at radius 1 is 1.08 bits per heavy atom. The molecule has 10 atom stereocenters. The maximum absolute atomic E-state index is 13.0. The van der Waals surface area contributed by atoms with E-state index in [4.69, 9.17) is 0 Å². The van der Waals surface area contributed by atoms with E-state index in [1.807, 2.05) is 12.2 Å². The summed E-state index contributed by atoms with van der Waals surface area (Å²) in [6.07, 6.45) is 12.4. The molecule has 7 heteroatoms. The van der Waals surface area contributed by atoms with E-state index in [-0.39, 0.29) is 40.8 Å². The van der Waals surface area contributed by atoms with Gasteiger partial charge in [-0.1, -0.05) is 32.4 Å². The van der Waals surface area contributed by atoms with Gasteiger partial charge in [0.2, 0.25) is 5.91 Å². The smallest absolute Gasteiger partial charge is 0.261 e. The molecule has 202 valence electrons. The molecule has 2 bridgehead atoms. The number of aliphatic hydroxyl groups is 2. The average Bonchev–Trinajstić information content (AvgIpc) is 3.46. The molecule has 4 fully saturated rings. The van der Waals surface area contributed by atoms with E-state index < -0.39 is 18.1 Å². The molecule has 2 aliphatic heterocycles. The zero-order valence-electron chi connectivity index (χ0n) is 22.3. The van der Waals surface area contributed by atoms with Gasteiger partial charge in [-0.2, -0.15) is 0 Å². The summed E-state index contributed by atoms with van der Waals surface area (Å²) in [6.45, 7) is 5.06. The predicted octanol–water partition coefficient (Wildman–Crippen LogP) is 3.55. The van der Waals surface area contributed by atoms with Crippen LogP contribution in [0.25, 0.3) is 0 Å². The van der Waals surface area contributed by atoms with E-state index in [2.05, 4.69) is 19.2 Å². The van der Waals surface area contributed by atoms with Crippen LogP contribution in [0.15, 0.2) is 35.6 Å². The molecule has 37 heavy (non-hydrogen) atoms. The third kappa shape index (κ3) is 4.58. The highest BCUT2D eigenvalue weighted by Crippen LogP contribution is 2.62. The molecule has 5 aliphatic rings. The number of rotatable bonds is 1. The predicted molar refractivity (Wildman–Crippen MR) is 140 cm³/mol. The fraction of sp³-hybridized carbons (Fsp3) is 0.700. The lowest BCUT2D eigenvalue weighted by Gasteiger charge is -2.44. The fourth-order valence-electron chi connectivity index (χ4n) is 8.78. The van der Waals surface area contributed by atoms with Gasteiger partial charge in [-0.15, -0.1) is 0 Å². The van der Waals surface area contributed by atoms with Crippen LogP contribution in [0.1, 0.15) is 58.8 Å². The van der Waals surface area contributed by atoms with Crippen molar-refractivity contribution in [3.63, 3.8) is 0 Å². The lowest BCUT2D eigenvalue weighted by Crippen LogP contribution is -2.43. The number of allylic oxidation sites excluding steroid dienone is 3. The van der Waals surface area contributed by atoms with E-state index in [0.29, 0.717) is 49.5 Å². The maximum Gasteiger partial charge on any atom is 0.261 e. The molecule has 2 heterocycles. The highest BCUT2D eigenvalue weighted by molar-refractivity contribution is 6.26. The molecule has 0 aromatic rings. The first-order valence-electron chi connectivity index (χ1n) is 14.3. The maximum atomic E-state index is 13.0. The van der Waals surface area contributed by atoms with Gasteiger partial charge in [0.25, 0.3) is 5.91 Å². The van der Waals surface area contributed by atoms with Gasteiger partial charge >= 0.3 is 0 Å². The standard InChI is InChI=1S/C30H42N2O5/c1-4-17-13-19-14-21-20-7-5-9-25(35)31-12-6-8-22-29(36)28(30(37)32(22)3)23(33)11-10-18(20)15-24(34)27(21)26(19)16(17)2/h5,9-11,16-22,24,26-27,33-34H,4,6-8,12-15H2,1-3H3,(H,31,35)/t16-,17-,18+,19+,20-,21+,22+,24-,26+,27-/m1/s1. The number of likely N-dealkylation sites (tertiary alicyclic amines) is 1. The summed E-state index contributed by atoms with van der Waals surface area (Å²) in [5, 5.41) is 25.2. The third-order valence-electron chi connectivity index (χ3n) is 10.5. The second kappa shape index (κ2) is 10.4. The summed E-state index contributed by atoms with van der Waals surface area (Å²) >= 11 is 0. The Morgan fingerprint density at radius 2 is 1.86 bits per heavy atom. The number of hydrogen-bond donors (Lipinski definition) is 3. The van der Waals surface area contributed by atoms with Crippen molar-refractivity contribution in [1.82, 2.24) is 10.2 Å². The van der Waals surface area contributed by atoms with Crippen molar-refractivity contribution in [3.8, 4) is 0 Å². The number of fused-ring (bicyclic) bond motifs is 7. The van der Waals surface area contributed by atoms with Crippen LogP contribution in [0.3, 0.4) is 0 Å². The van der Waals surface area contributed by atoms with Crippen molar-refractivity contribution in [2.45, 2.75) is 70.9 Å². The number of carbonyl (C=O) groups is 3. The first-order chi connectivity index (χ1) is 17.7. The molecule has 1 saturated heterocycles. The van der Waals surface area contributed by atoms with Gasteiger partial charge < -0.3 is 20.4 Å². The Balaban J connectivity index is 1.47. The average molecular weight is 511 g/mol. The Hall–Kier alpha value is -2.41. The van der Waals surface area contributed by atoms with E-state index in [1.54, 1.807) is 13.1 Å². The monoisotopic (exact) mass is 510 g/mol. The Morgan fingerprint density at radius 3 is 2.62 bits per heavy atom. The molecule has 0 aromatic carbocycles. The number of nitrogens with one attached hydrogen (secondary N) is 1. The van der Waals surface area contributed by atoms with Gasteiger partial charge in [0.05, 0.1) is 12.1 Å². The molecule has 0 spiro atoms. The van der Waals surface area contributed by atoms with Crippen LogP contribution < -0.4 is 5.32 Å². The number of carbonyl (C=O) groups excluding carboxylic acids is 3. The minimum absolute atomic E-state index is 0.0177. The third-order valence-corrected chi connectivity index (χ3v) is 10.5. The van der Waals surface area contributed by atoms with E-state index in [0.717, 1.165) is 18.8 Å². The minimum Gasteiger partial charge on any atom is -0.507 e. The topological polar surface area (TPSA) is 107 Å². The van der Waals surface area contributed by atoms with Crippen LogP contribution in [0.4, 0.5) is 0 Å². The Kier molecular flexibility index (Phi) is 7.36. The highest BCUT2D eigenvalue weighted by Gasteiger charge is 2.58. The summed E-state index contributed by atoms with van der Waals surface area (Å²) in [6, 6.07) is -0.629. The number of amides is 2. The molecule has 0 unspecified atom stereocenters. The summed E-state index contributed by atoms with van der Waals surface area (Å²) in [5.41, 5.74) is -0.152. The first kappa shape index (κ1) is 26.2. The number of Topliss-reactive ketones (excluding diaryl/α,β-unsaturated/α-hetero) is 1. The van der Waals surface area contributed by atoms with E-state index >= 15 is 0 Å². The summed E-state index contributed by atoms with van der Waals surface area (Å²) in [4.78, 5) is 39.7. The van der Waals surface area contributed by atoms with Gasteiger partial charge in [-0.25, -0.2) is 0 Å². The van der Waals surface area contributed by atoms with E-state index in [9.17, 15) is 24.6 Å². The van der Waals surface area contributed by atoms with Crippen LogP contribution in [-0.2, 0) is 14.4 Å². The second-order valence-electron chi connectivity index (χ2n) is 12.2. The van der Waals surface area contributed by atoms with Crippen LogP contribution in [0, 0.1) is 47.3 Å². The molecule has 7 nitrogen and oxygen atoms in total. The van der Waals surface area contributed by atoms with Crippen molar-refractivity contribution in [2.75, 3.05) is 13.6 Å². The van der Waals surface area contributed by atoms with Crippen LogP contribution in [0.2, 0.25) is 0 Å². The molecule has 3 N–H and O–H groups in total. The Bertz CT molecular complexity index is 1030. The molecule has 5 rings (SSSR count). The normalized spacial score (nSPS) is 42.6. The largest absolute Gasteiger partial charge is 0.507 e. The van der Waals surface area contributed by atoms with Gasteiger partial charge in [0.15, 0.2) is 5.78 Å². The Labute approximate surface area is 220 Å². The number of ketones is 1. The van der Waals surface area contributed by atoms with Crippen LogP contribution in [-0.4, -0.2) is 58.4 Å². The fourth-order valence-corrected chi connectivity index (χ4v) is 8.78. The highest BCUT2D eigenvalue weighted by atomic mass is 16.3. The van der Waals surface area contributed by atoms with Gasteiger partial charge in [-0.05, 0) is 98.0 Å². The van der Waals surface area contributed by atoms with Crippen molar-refractivity contribution >= 4 is 17.6 Å². The number of nitrogens with zero attached hydrogens (tertiary/aromatic N) is 1. The second-order valence-corrected chi connectivity index (χ2v) is 12.2. The van der Waals surface area contributed by atoms with Crippen LogP contribution >= 0.6 is 0 Å². The molecule has 2 amide bonds. The lowest BCUT2D eigenvalue weighted by atomic mass is 9.62. The molecule has 3 aliphatic carbocycles. The molecular weight excluding hydrogens is 468 g/mol. The van der Waals surface area contributed by atoms with Crippen molar-refractivity contribution in [1.29, 1.82) is 0 Å². The first-order valence-corrected chi connectivity index (χ1v) is 14.3. The summed E-state index contributed by atoms with van der Waals surface area (Å²) in [5.74, 6) is 2.08. The lowest BCUT2D eigenvalue weighted by molar-refractivity contribution is -0.125. The quantitative estimate of drug-likeness (QED) is 0.468. The summed E-state index contributed by atoms with van der Waals surface area (Å²) < 4.78 is 0. The van der Waals surface area contributed by atoms with Gasteiger partial charge in [0, 0.05) is 13.6 Å². The minimum atomic E-state index is -0.629. The zero-order chi connectivity index (χ0) is 26.4. The molecule has 0 radical (unpaired) electrons. The molecule has 3 saturated carbocycles. The number of aliphatic hydroxyl groups excluding tert-OH is 2. The van der Waals surface area contributed by atoms with Crippen molar-refractivity contribution in [3.05, 3.63) is 35.6 Å². The summed E-state index contributed by atoms with van der Waals surface area (Å²) in [7, 11) is 1.58. The van der Waals surface area contributed by atoms with E-state index in [1.165, 1.54) is 23.8 Å². The van der Waals surface area contributed by atoms with Crippen LogP contribution in [0.5, 0.6) is 0 Å². The van der Waals surface area contributed by atoms with Crippen molar-refractivity contribution in [2.24, 2.45) is 47.3 Å².